The van der Waals surface area contributed by atoms with Crippen molar-refractivity contribution in [3.8, 4) is 11.1 Å². The highest BCUT2D eigenvalue weighted by molar-refractivity contribution is 7.25. The van der Waals surface area contributed by atoms with E-state index in [4.69, 9.17) is 4.99 Å². The SMILES string of the molecule is C1=CC2=c3ccccc3=C3CC(C4=CC(c5ccc(-c6ccccc6)cc5)=NC(c5ccccc5)N4)CCC3C2C(c2ccc3sc4ccccc4c3c2)=C1. The molecule has 1 saturated carbocycles. The van der Waals surface area contributed by atoms with E-state index in [0.717, 1.165) is 30.5 Å². The quantitative estimate of drug-likeness (QED) is 0.188. The number of rotatable bonds is 5. The molecule has 3 aliphatic carbocycles. The zero-order valence-electron chi connectivity index (χ0n) is 30.5. The second kappa shape index (κ2) is 13.4. The molecular weight excluding hydrogens is 685 g/mol. The molecule has 1 aromatic heterocycles. The molecule has 0 amide bonds. The first-order chi connectivity index (χ1) is 27.2. The van der Waals surface area contributed by atoms with Crippen LogP contribution in [0.3, 0.4) is 0 Å². The van der Waals surface area contributed by atoms with Gasteiger partial charge in [-0.3, -0.25) is 4.99 Å². The second-order valence-electron chi connectivity index (χ2n) is 15.4. The van der Waals surface area contributed by atoms with Crippen molar-refractivity contribution in [2.24, 2.45) is 22.7 Å². The highest BCUT2D eigenvalue weighted by Crippen LogP contribution is 2.51. The first-order valence-corrected chi connectivity index (χ1v) is 20.5. The Labute approximate surface area is 325 Å². The summed E-state index contributed by atoms with van der Waals surface area (Å²) in [5.74, 6) is 1.17. The first kappa shape index (κ1) is 32.4. The van der Waals surface area contributed by atoms with Gasteiger partial charge < -0.3 is 5.32 Å². The van der Waals surface area contributed by atoms with Crippen molar-refractivity contribution in [1.29, 1.82) is 0 Å². The predicted molar refractivity (Wildman–Crippen MR) is 232 cm³/mol. The van der Waals surface area contributed by atoms with Gasteiger partial charge in [0.2, 0.25) is 0 Å². The Hall–Kier alpha value is -6.03. The maximum absolute atomic E-state index is 5.33. The number of nitrogens with zero attached hydrogens (tertiary/aromatic N) is 1. The highest BCUT2D eigenvalue weighted by Gasteiger charge is 2.40. The van der Waals surface area contributed by atoms with Crippen LogP contribution in [0, 0.1) is 17.8 Å². The summed E-state index contributed by atoms with van der Waals surface area (Å²) in [4.78, 5) is 5.33. The van der Waals surface area contributed by atoms with E-state index in [1.54, 1.807) is 5.57 Å². The molecule has 0 saturated heterocycles. The molecule has 3 heteroatoms. The Bertz CT molecular complexity index is 2870. The lowest BCUT2D eigenvalue weighted by molar-refractivity contribution is 0.376. The van der Waals surface area contributed by atoms with Gasteiger partial charge in [-0.2, -0.15) is 0 Å². The van der Waals surface area contributed by atoms with E-state index in [-0.39, 0.29) is 6.17 Å². The molecule has 11 rings (SSSR count). The summed E-state index contributed by atoms with van der Waals surface area (Å²) in [6.45, 7) is 0. The Kier molecular flexibility index (Phi) is 7.88. The van der Waals surface area contributed by atoms with Crippen molar-refractivity contribution >= 4 is 53.9 Å². The van der Waals surface area contributed by atoms with E-state index < -0.39 is 0 Å². The van der Waals surface area contributed by atoms with Crippen LogP contribution in [-0.2, 0) is 0 Å². The first-order valence-electron chi connectivity index (χ1n) is 19.6. The van der Waals surface area contributed by atoms with Gasteiger partial charge in [0, 0.05) is 37.7 Å². The van der Waals surface area contributed by atoms with E-state index in [0.29, 0.717) is 17.8 Å². The van der Waals surface area contributed by atoms with E-state index in [2.05, 4.69) is 181 Å². The zero-order valence-corrected chi connectivity index (χ0v) is 31.3. The number of hydrogen-bond donors (Lipinski definition) is 1. The molecule has 2 heterocycles. The van der Waals surface area contributed by atoms with Gasteiger partial charge in [-0.15, -0.1) is 11.3 Å². The molecule has 1 fully saturated rings. The summed E-state index contributed by atoms with van der Waals surface area (Å²) in [5.41, 5.74) is 13.0. The molecule has 1 aliphatic heterocycles. The van der Waals surface area contributed by atoms with Gasteiger partial charge in [-0.25, -0.2) is 0 Å². The molecule has 4 atom stereocenters. The number of fused-ring (bicyclic) bond motifs is 7. The maximum Gasteiger partial charge on any atom is 0.145 e. The van der Waals surface area contributed by atoms with E-state index >= 15 is 0 Å². The average molecular weight is 725 g/mol. The van der Waals surface area contributed by atoms with Gasteiger partial charge in [0.1, 0.15) is 6.17 Å². The lowest BCUT2D eigenvalue weighted by atomic mass is 9.62. The van der Waals surface area contributed by atoms with Crippen molar-refractivity contribution < 1.29 is 0 Å². The number of thiophene rings is 1. The third kappa shape index (κ3) is 5.65. The minimum Gasteiger partial charge on any atom is -0.363 e. The Morgan fingerprint density at radius 1 is 0.600 bits per heavy atom. The molecule has 4 aliphatic rings. The molecular formula is C52H40N2S. The van der Waals surface area contributed by atoms with Gasteiger partial charge in [0.15, 0.2) is 0 Å². The van der Waals surface area contributed by atoms with Crippen LogP contribution in [0.1, 0.15) is 42.1 Å². The van der Waals surface area contributed by atoms with Gasteiger partial charge in [-0.1, -0.05) is 157 Å². The third-order valence-electron chi connectivity index (χ3n) is 12.4. The van der Waals surface area contributed by atoms with Crippen LogP contribution in [0.4, 0.5) is 0 Å². The number of allylic oxidation sites excluding steroid dienone is 6. The number of nitrogens with one attached hydrogen (secondary N) is 1. The Morgan fingerprint density at radius 2 is 1.29 bits per heavy atom. The van der Waals surface area contributed by atoms with E-state index in [9.17, 15) is 0 Å². The summed E-state index contributed by atoms with van der Waals surface area (Å²) in [6.07, 6.45) is 12.6. The topological polar surface area (TPSA) is 24.4 Å². The lowest BCUT2D eigenvalue weighted by Crippen LogP contribution is -2.43. The van der Waals surface area contributed by atoms with Gasteiger partial charge in [-0.05, 0) is 98.9 Å². The normalized spacial score (nSPS) is 21.6. The number of benzene rings is 6. The summed E-state index contributed by atoms with van der Waals surface area (Å²) in [6, 6.07) is 55.5. The third-order valence-corrected chi connectivity index (χ3v) is 13.5. The van der Waals surface area contributed by atoms with E-state index in [1.165, 1.54) is 69.7 Å². The van der Waals surface area contributed by atoms with Crippen LogP contribution in [0.5, 0.6) is 0 Å². The molecule has 55 heavy (non-hydrogen) atoms. The van der Waals surface area contributed by atoms with Crippen molar-refractivity contribution in [2.75, 3.05) is 0 Å². The minimum absolute atomic E-state index is 0.132. The average Bonchev–Trinajstić information content (AvgIpc) is 3.65. The Morgan fingerprint density at radius 3 is 2.15 bits per heavy atom. The van der Waals surface area contributed by atoms with Gasteiger partial charge in [0.25, 0.3) is 0 Å². The predicted octanol–water partition coefficient (Wildman–Crippen LogP) is 11.4. The zero-order chi connectivity index (χ0) is 36.3. The molecule has 1 N–H and O–H groups in total. The van der Waals surface area contributed by atoms with Crippen molar-refractivity contribution in [3.63, 3.8) is 0 Å². The van der Waals surface area contributed by atoms with Crippen molar-refractivity contribution in [2.45, 2.75) is 25.4 Å². The van der Waals surface area contributed by atoms with Crippen LogP contribution in [0.2, 0.25) is 0 Å². The molecule has 0 bridgehead atoms. The van der Waals surface area contributed by atoms with Gasteiger partial charge >= 0.3 is 0 Å². The molecule has 4 unspecified atom stereocenters. The monoisotopic (exact) mass is 724 g/mol. The maximum atomic E-state index is 5.33. The largest absolute Gasteiger partial charge is 0.363 e. The molecule has 7 aromatic rings. The van der Waals surface area contributed by atoms with Crippen molar-refractivity contribution in [3.05, 3.63) is 209 Å². The fourth-order valence-electron chi connectivity index (χ4n) is 9.74. The smallest absolute Gasteiger partial charge is 0.145 e. The Balaban J connectivity index is 0.970. The molecule has 6 aromatic carbocycles. The molecule has 0 spiro atoms. The van der Waals surface area contributed by atoms with Crippen LogP contribution in [0.25, 0.3) is 48.0 Å². The lowest BCUT2D eigenvalue weighted by Gasteiger charge is -2.42. The minimum atomic E-state index is -0.132. The van der Waals surface area contributed by atoms with Crippen LogP contribution < -0.4 is 15.8 Å². The number of hydrogen-bond acceptors (Lipinski definition) is 3. The number of aliphatic imine (C=N–C) groups is 1. The standard InChI is InChI=1S/C52H40N2S/c1-3-12-33(13-4-1)34-22-24-35(25-23-34)47-32-48(54-52(53-47)36-14-5-2-6-15-36)38-26-28-44-45(31-38)41-17-8-7-16-40(41)43-20-11-19-39(51(43)44)37-27-29-50-46(30-37)42-18-9-10-21-49(42)55-50/h1-25,27,29-30,32,38,44,51-52,54H,26,28,31H2. The fourth-order valence-corrected chi connectivity index (χ4v) is 10.8. The highest BCUT2D eigenvalue weighted by atomic mass is 32.1. The molecule has 0 radical (unpaired) electrons. The van der Waals surface area contributed by atoms with Crippen molar-refractivity contribution in [1.82, 2.24) is 5.32 Å². The van der Waals surface area contributed by atoms with Crippen LogP contribution in [0.15, 0.2) is 187 Å². The van der Waals surface area contributed by atoms with Crippen LogP contribution in [-0.4, -0.2) is 5.71 Å². The molecule has 264 valence electrons. The summed E-state index contributed by atoms with van der Waals surface area (Å²) in [7, 11) is 0. The summed E-state index contributed by atoms with van der Waals surface area (Å²) >= 11 is 1.90. The van der Waals surface area contributed by atoms with Gasteiger partial charge in [0.05, 0.1) is 5.71 Å². The van der Waals surface area contributed by atoms with E-state index in [1.807, 2.05) is 11.3 Å². The fraction of sp³-hybridized carbons (Fsp3) is 0.135. The summed E-state index contributed by atoms with van der Waals surface area (Å²) in [5, 5.41) is 9.52. The molecule has 2 nitrogen and oxygen atoms in total. The summed E-state index contributed by atoms with van der Waals surface area (Å²) < 4.78 is 2.72. The van der Waals surface area contributed by atoms with Crippen LogP contribution >= 0.6 is 11.3 Å². The second-order valence-corrected chi connectivity index (χ2v) is 16.5.